The van der Waals surface area contributed by atoms with Crippen LogP contribution in [0.2, 0.25) is 0 Å². The number of aromatic nitrogens is 10. The van der Waals surface area contributed by atoms with Crippen molar-refractivity contribution in [3.63, 3.8) is 0 Å². The van der Waals surface area contributed by atoms with Gasteiger partial charge in [0.2, 0.25) is 11.9 Å². The smallest absolute Gasteiger partial charge is 0.245 e. The van der Waals surface area contributed by atoms with E-state index in [-0.39, 0.29) is 45.7 Å². The maximum Gasteiger partial charge on any atom is 0.245 e. The number of piperidine rings is 2. The van der Waals surface area contributed by atoms with Crippen molar-refractivity contribution < 1.29 is 10.2 Å². The lowest BCUT2D eigenvalue weighted by molar-refractivity contribution is 0.131. The Hall–Kier alpha value is -6.13. The van der Waals surface area contributed by atoms with Crippen molar-refractivity contribution in [2.24, 2.45) is 5.92 Å². The summed E-state index contributed by atoms with van der Waals surface area (Å²) in [5.74, 6) is 1.79. The molecule has 0 radical (unpaired) electrons. The van der Waals surface area contributed by atoms with Crippen LogP contribution in [0.15, 0.2) is 79.8 Å². The molecule has 3 fully saturated rings. The van der Waals surface area contributed by atoms with E-state index in [9.17, 15) is 10.2 Å². The van der Waals surface area contributed by atoms with Gasteiger partial charge in [-0.15, -0.1) is 20.4 Å². The molecule has 6 aromatic rings. The van der Waals surface area contributed by atoms with Gasteiger partial charge in [-0.25, -0.2) is 19.9 Å². The quantitative estimate of drug-likeness (QED) is 0.102. The van der Waals surface area contributed by atoms with Crippen molar-refractivity contribution in [3.8, 4) is 56.4 Å². The Labute approximate surface area is 375 Å². The van der Waals surface area contributed by atoms with Gasteiger partial charge >= 0.3 is 0 Å². The van der Waals surface area contributed by atoms with E-state index in [2.05, 4.69) is 115 Å². The summed E-state index contributed by atoms with van der Waals surface area (Å²) in [6, 6.07) is 13.5. The van der Waals surface area contributed by atoms with Crippen LogP contribution >= 0.6 is 0 Å². The molecule has 64 heavy (non-hydrogen) atoms. The molecule has 1 aliphatic carbocycles. The second kappa shape index (κ2) is 16.1. The molecule has 16 nitrogen and oxygen atoms in total. The highest BCUT2D eigenvalue weighted by Gasteiger charge is 2.49. The van der Waals surface area contributed by atoms with Gasteiger partial charge in [-0.2, -0.15) is 5.10 Å². The second-order valence-corrected chi connectivity index (χ2v) is 20.6. The summed E-state index contributed by atoms with van der Waals surface area (Å²) in [7, 11) is 4.08. The Morgan fingerprint density at radius 1 is 0.641 bits per heavy atom. The molecular weight excluding hydrogens is 805 g/mol. The standard InChI is InChI=1S/C48H60N14O2/c1-45(2)20-33(21-46(3,4)58-45)60(8)43-50-25-38(54-56-43)35-12-10-29(17-41(35)63)32-24-53-62(27-32)40-16-31(40)19-48(7)23-34(22-47(5,6)59-48)61(9)44-51-26-39(55-57-44)36-13-11-30(18-42(36)64)37-14-15-49-28-52-37/h10-15,17-18,24-28,31,33-34,40,58-59,63-64H,16,19-23H2,1-9H3. The van der Waals surface area contributed by atoms with E-state index in [1.165, 1.54) is 6.33 Å². The Bertz CT molecular complexity index is 2600. The van der Waals surface area contributed by atoms with E-state index in [0.29, 0.717) is 46.4 Å². The van der Waals surface area contributed by atoms with E-state index in [1.54, 1.807) is 36.8 Å². The second-order valence-electron chi connectivity index (χ2n) is 20.6. The number of rotatable bonds is 11. The molecule has 4 aromatic heterocycles. The number of nitrogens with zero attached hydrogens (tertiary/aromatic N) is 12. The average Bonchev–Trinajstić information content (AvgIpc) is 3.81. The molecule has 9 rings (SSSR count). The Balaban J connectivity index is 0.821. The largest absolute Gasteiger partial charge is 0.507 e. The summed E-state index contributed by atoms with van der Waals surface area (Å²) in [5, 5.41) is 52.6. The molecule has 334 valence electrons. The van der Waals surface area contributed by atoms with Crippen LogP contribution in [0.1, 0.15) is 93.0 Å². The van der Waals surface area contributed by atoms with Gasteiger partial charge in [-0.05, 0) is 129 Å². The number of anilines is 2. The average molecular weight is 865 g/mol. The molecule has 4 unspecified atom stereocenters. The van der Waals surface area contributed by atoms with Gasteiger partial charge in [0.25, 0.3) is 0 Å². The molecule has 0 bridgehead atoms. The number of hydrogen-bond donors (Lipinski definition) is 4. The molecule has 2 aromatic carbocycles. The molecule has 6 heterocycles. The van der Waals surface area contributed by atoms with Crippen LogP contribution < -0.4 is 20.4 Å². The van der Waals surface area contributed by atoms with Crippen molar-refractivity contribution in [3.05, 3.63) is 79.8 Å². The summed E-state index contributed by atoms with van der Waals surface area (Å²) in [5.41, 5.74) is 5.23. The molecule has 4 atom stereocenters. The molecule has 1 saturated carbocycles. The minimum Gasteiger partial charge on any atom is -0.507 e. The number of phenols is 2. The summed E-state index contributed by atoms with van der Waals surface area (Å²) < 4.78 is 2.09. The first-order chi connectivity index (χ1) is 30.3. The van der Waals surface area contributed by atoms with Crippen LogP contribution in [0, 0.1) is 5.92 Å². The van der Waals surface area contributed by atoms with Crippen molar-refractivity contribution in [2.75, 3.05) is 23.9 Å². The Morgan fingerprint density at radius 3 is 1.75 bits per heavy atom. The third-order valence-corrected chi connectivity index (χ3v) is 13.4. The van der Waals surface area contributed by atoms with Crippen molar-refractivity contribution in [1.82, 2.24) is 60.7 Å². The first kappa shape index (κ1) is 43.1. The monoisotopic (exact) mass is 865 g/mol. The number of hydrogen-bond acceptors (Lipinski definition) is 15. The van der Waals surface area contributed by atoms with Crippen LogP contribution in [0.4, 0.5) is 11.9 Å². The zero-order chi connectivity index (χ0) is 45.2. The minimum absolute atomic E-state index is 0.00136. The Kier molecular flexibility index (Phi) is 10.9. The van der Waals surface area contributed by atoms with Gasteiger partial charge in [0.05, 0.1) is 30.3 Å². The number of phenolic OH excluding ortho intramolecular Hbond substituents is 2. The Morgan fingerprint density at radius 2 is 1.20 bits per heavy atom. The lowest BCUT2D eigenvalue weighted by atomic mass is 9.75. The fraction of sp³-hybridized carbons (Fsp3) is 0.479. The van der Waals surface area contributed by atoms with Gasteiger partial charge in [-0.3, -0.25) is 4.68 Å². The van der Waals surface area contributed by atoms with Crippen LogP contribution in [0.3, 0.4) is 0 Å². The molecule has 0 amide bonds. The van der Waals surface area contributed by atoms with Gasteiger partial charge in [0.1, 0.15) is 29.2 Å². The lowest BCUT2D eigenvalue weighted by Gasteiger charge is -2.50. The number of benzene rings is 2. The topological polar surface area (TPSA) is 192 Å². The minimum atomic E-state index is -0.130. The van der Waals surface area contributed by atoms with E-state index in [0.717, 1.165) is 60.9 Å². The van der Waals surface area contributed by atoms with Crippen molar-refractivity contribution >= 4 is 11.9 Å². The SMILES string of the molecule is CN(c1ncc(-c2ccc(-c3cnn(C4CC4CC4(C)CC(N(C)c5ncc(-c6ccc(-c7ccncn7)cc6O)nn5)CC(C)(C)N4)c3)cc2O)nn1)C1CC(C)(C)NC(C)(C)C1. The van der Waals surface area contributed by atoms with Gasteiger partial charge in [-0.1, -0.05) is 12.1 Å². The lowest BCUT2D eigenvalue weighted by Crippen LogP contribution is -2.63. The number of aromatic hydroxyl groups is 2. The maximum absolute atomic E-state index is 11.2. The third-order valence-electron chi connectivity index (χ3n) is 13.4. The summed E-state index contributed by atoms with van der Waals surface area (Å²) >= 11 is 0. The highest BCUT2D eigenvalue weighted by molar-refractivity contribution is 5.74. The predicted octanol–water partition coefficient (Wildman–Crippen LogP) is 7.24. The molecule has 4 N–H and O–H groups in total. The van der Waals surface area contributed by atoms with E-state index in [4.69, 9.17) is 10.1 Å². The van der Waals surface area contributed by atoms with Crippen molar-refractivity contribution in [2.45, 2.75) is 127 Å². The zero-order valence-corrected chi connectivity index (χ0v) is 38.3. The maximum atomic E-state index is 11.2. The number of nitrogens with one attached hydrogen (secondary N) is 2. The molecule has 2 saturated heterocycles. The fourth-order valence-corrected chi connectivity index (χ4v) is 10.8. The van der Waals surface area contributed by atoms with E-state index < -0.39 is 0 Å². The molecule has 0 spiro atoms. The highest BCUT2D eigenvalue weighted by Crippen LogP contribution is 2.50. The predicted molar refractivity (Wildman–Crippen MR) is 248 cm³/mol. The van der Waals surface area contributed by atoms with Gasteiger partial charge < -0.3 is 30.6 Å². The van der Waals surface area contributed by atoms with Crippen LogP contribution in [0.25, 0.3) is 44.9 Å². The summed E-state index contributed by atoms with van der Waals surface area (Å²) in [6.07, 6.45) is 16.3. The highest BCUT2D eigenvalue weighted by atomic mass is 16.3. The molecule has 2 aliphatic heterocycles. The molecule has 16 heteroatoms. The van der Waals surface area contributed by atoms with Gasteiger partial charge in [0, 0.05) is 83.0 Å². The normalized spacial score (nSPS) is 23.7. The zero-order valence-electron chi connectivity index (χ0n) is 38.3. The molecular formula is C48H60N14O2. The summed E-state index contributed by atoms with van der Waals surface area (Å²) in [6.45, 7) is 15.8. The van der Waals surface area contributed by atoms with Crippen LogP contribution in [-0.4, -0.2) is 109 Å². The summed E-state index contributed by atoms with van der Waals surface area (Å²) in [4.78, 5) is 21.9. The first-order valence-corrected chi connectivity index (χ1v) is 22.2. The van der Waals surface area contributed by atoms with E-state index in [1.807, 2.05) is 44.6 Å². The van der Waals surface area contributed by atoms with Gasteiger partial charge in [0.15, 0.2) is 0 Å². The van der Waals surface area contributed by atoms with Crippen molar-refractivity contribution in [1.29, 1.82) is 0 Å². The molecule has 3 aliphatic rings. The van der Waals surface area contributed by atoms with Crippen LogP contribution in [-0.2, 0) is 0 Å². The fourth-order valence-electron chi connectivity index (χ4n) is 10.8. The first-order valence-electron chi connectivity index (χ1n) is 22.2. The van der Waals surface area contributed by atoms with Crippen LogP contribution in [0.5, 0.6) is 11.5 Å². The third kappa shape index (κ3) is 9.11. The van der Waals surface area contributed by atoms with E-state index >= 15 is 0 Å².